The first-order valence-corrected chi connectivity index (χ1v) is 12.8. The average Bonchev–Trinajstić information content (AvgIpc) is 3.30. The summed E-state index contributed by atoms with van der Waals surface area (Å²) in [6.45, 7) is 13.2. The maximum absolute atomic E-state index is 10.9. The lowest BCUT2D eigenvalue weighted by Gasteiger charge is -2.49. The smallest absolute Gasteiger partial charge is 0.151 e. The second-order valence-electron chi connectivity index (χ2n) is 11.7. The highest BCUT2D eigenvalue weighted by Crippen LogP contribution is 2.38. The number of aromatic hydroxyl groups is 1. The number of aromatic nitrogens is 3. The summed E-state index contributed by atoms with van der Waals surface area (Å²) in [5, 5.41) is 24.8. The minimum Gasteiger partial charge on any atom is -0.507 e. The summed E-state index contributed by atoms with van der Waals surface area (Å²) in [6, 6.07) is 10.3. The lowest BCUT2D eigenvalue weighted by Crippen LogP contribution is -2.62. The normalized spacial score (nSPS) is 19.9. The summed E-state index contributed by atoms with van der Waals surface area (Å²) >= 11 is 0. The summed E-state index contributed by atoms with van der Waals surface area (Å²) in [5.74, 6) is 1.03. The summed E-state index contributed by atoms with van der Waals surface area (Å²) in [5.41, 5.74) is 4.44. The Morgan fingerprint density at radius 3 is 2.31 bits per heavy atom. The molecule has 2 saturated heterocycles. The number of nitrogens with zero attached hydrogens (tertiary/aromatic N) is 5. The molecular formula is C28H38N6O. The highest BCUT2D eigenvalue weighted by atomic mass is 16.3. The molecule has 0 radical (unpaired) electrons. The van der Waals surface area contributed by atoms with E-state index in [9.17, 15) is 5.11 Å². The molecule has 0 bridgehead atoms. The third kappa shape index (κ3) is 4.79. The molecule has 7 nitrogen and oxygen atoms in total. The van der Waals surface area contributed by atoms with Gasteiger partial charge in [-0.15, -0.1) is 10.2 Å². The first-order valence-electron chi connectivity index (χ1n) is 12.8. The number of hydrogen-bond donors (Lipinski definition) is 2. The van der Waals surface area contributed by atoms with E-state index in [0.717, 1.165) is 48.3 Å². The van der Waals surface area contributed by atoms with Crippen molar-refractivity contribution in [2.75, 3.05) is 29.9 Å². The van der Waals surface area contributed by atoms with Gasteiger partial charge in [-0.05, 0) is 84.6 Å². The number of hydrogen-bond acceptors (Lipinski definition) is 7. The molecule has 0 atom stereocenters. The second kappa shape index (κ2) is 8.63. The number of benzene rings is 1. The molecule has 2 N–H and O–H groups in total. The molecule has 7 heteroatoms. The van der Waals surface area contributed by atoms with Crippen molar-refractivity contribution < 1.29 is 5.11 Å². The van der Waals surface area contributed by atoms with Gasteiger partial charge in [-0.25, -0.2) is 0 Å². The van der Waals surface area contributed by atoms with Crippen LogP contribution < -0.4 is 15.1 Å². The lowest BCUT2D eigenvalue weighted by molar-refractivity contribution is 0.160. The predicted molar refractivity (Wildman–Crippen MR) is 143 cm³/mol. The first-order chi connectivity index (χ1) is 16.5. The summed E-state index contributed by atoms with van der Waals surface area (Å²) in [4.78, 5) is 9.35. The molecule has 0 saturated carbocycles. The number of pyridine rings is 1. The Morgan fingerprint density at radius 2 is 1.69 bits per heavy atom. The standard InChI is InChI=1S/C28H38N6O/c1-18-13-24(34-11-7-8-12-34)20-14-21(25(35)15-23(20)29-18)22-9-10-26(31-30-22)33(6)19-16-27(2,3)32-28(4,5)17-19/h9-10,13-15,19,32,35H,7-8,11-12,16-17H2,1-6H3. The van der Waals surface area contributed by atoms with Crippen LogP contribution in [0.3, 0.4) is 0 Å². The molecular weight excluding hydrogens is 436 g/mol. The number of fused-ring (bicyclic) bond motifs is 1. The largest absolute Gasteiger partial charge is 0.507 e. The zero-order valence-electron chi connectivity index (χ0n) is 21.9. The fourth-order valence-electron chi connectivity index (χ4n) is 6.18. The van der Waals surface area contributed by atoms with Gasteiger partial charge in [0.25, 0.3) is 0 Å². The zero-order valence-corrected chi connectivity index (χ0v) is 21.9. The highest BCUT2D eigenvalue weighted by Gasteiger charge is 2.39. The Hall–Kier alpha value is -2.93. The first kappa shape index (κ1) is 23.8. The Kier molecular flexibility index (Phi) is 5.86. The van der Waals surface area contributed by atoms with Gasteiger partial charge < -0.3 is 20.2 Å². The van der Waals surface area contributed by atoms with E-state index in [1.807, 2.05) is 25.1 Å². The second-order valence-corrected chi connectivity index (χ2v) is 11.7. The molecule has 4 heterocycles. The summed E-state index contributed by atoms with van der Waals surface area (Å²) < 4.78 is 0. The van der Waals surface area contributed by atoms with Crippen LogP contribution in [0.2, 0.25) is 0 Å². The van der Waals surface area contributed by atoms with Crippen LogP contribution in [-0.4, -0.2) is 57.5 Å². The highest BCUT2D eigenvalue weighted by molar-refractivity contribution is 5.96. The Balaban J connectivity index is 1.46. The number of phenols is 1. The van der Waals surface area contributed by atoms with Crippen LogP contribution >= 0.6 is 0 Å². The van der Waals surface area contributed by atoms with Crippen LogP contribution in [0.5, 0.6) is 5.75 Å². The molecule has 2 aromatic heterocycles. The van der Waals surface area contributed by atoms with Crippen LogP contribution in [0, 0.1) is 6.92 Å². The molecule has 2 fully saturated rings. The number of rotatable bonds is 4. The third-order valence-corrected chi connectivity index (χ3v) is 7.48. The van der Waals surface area contributed by atoms with Crippen molar-refractivity contribution in [2.45, 2.75) is 77.4 Å². The SMILES string of the molecule is Cc1cc(N2CCCC2)c2cc(-c3ccc(N(C)C4CC(C)(C)NC(C)(C)C4)nn3)c(O)cc2n1. The molecule has 2 aliphatic rings. The van der Waals surface area contributed by atoms with Crippen molar-refractivity contribution in [3.63, 3.8) is 0 Å². The summed E-state index contributed by atoms with van der Waals surface area (Å²) in [7, 11) is 2.11. The molecule has 1 aromatic carbocycles. The van der Waals surface area contributed by atoms with E-state index in [2.05, 4.69) is 71.1 Å². The Bertz CT molecular complexity index is 1210. The minimum atomic E-state index is 0.0599. The van der Waals surface area contributed by atoms with E-state index in [-0.39, 0.29) is 16.8 Å². The quantitative estimate of drug-likeness (QED) is 0.548. The summed E-state index contributed by atoms with van der Waals surface area (Å²) in [6.07, 6.45) is 4.49. The zero-order chi connectivity index (χ0) is 25.0. The molecule has 0 amide bonds. The third-order valence-electron chi connectivity index (χ3n) is 7.48. The molecule has 0 spiro atoms. The fourth-order valence-corrected chi connectivity index (χ4v) is 6.18. The van der Waals surface area contributed by atoms with Crippen molar-refractivity contribution in [3.8, 4) is 17.0 Å². The van der Waals surface area contributed by atoms with Gasteiger partial charge in [-0.3, -0.25) is 4.98 Å². The lowest BCUT2D eigenvalue weighted by atomic mass is 9.79. The van der Waals surface area contributed by atoms with Gasteiger partial charge >= 0.3 is 0 Å². The minimum absolute atomic E-state index is 0.0599. The fraction of sp³-hybridized carbons (Fsp3) is 0.536. The molecule has 35 heavy (non-hydrogen) atoms. The monoisotopic (exact) mass is 474 g/mol. The van der Waals surface area contributed by atoms with Gasteiger partial charge in [0, 0.05) is 65.7 Å². The maximum Gasteiger partial charge on any atom is 0.151 e. The molecule has 0 unspecified atom stereocenters. The van der Waals surface area contributed by atoms with Crippen molar-refractivity contribution in [1.82, 2.24) is 20.5 Å². The van der Waals surface area contributed by atoms with Crippen molar-refractivity contribution in [1.29, 1.82) is 0 Å². The number of aryl methyl sites for hydroxylation is 1. The molecule has 2 aliphatic heterocycles. The van der Waals surface area contributed by atoms with E-state index in [0.29, 0.717) is 17.3 Å². The number of piperidine rings is 1. The van der Waals surface area contributed by atoms with Crippen molar-refractivity contribution in [2.24, 2.45) is 0 Å². The topological polar surface area (TPSA) is 77.4 Å². The number of nitrogens with one attached hydrogen (secondary N) is 1. The predicted octanol–water partition coefficient (Wildman–Crippen LogP) is 5.05. The van der Waals surface area contributed by atoms with E-state index in [1.54, 1.807) is 6.07 Å². The van der Waals surface area contributed by atoms with Crippen molar-refractivity contribution in [3.05, 3.63) is 36.0 Å². The van der Waals surface area contributed by atoms with Crippen LogP contribution in [0.25, 0.3) is 22.2 Å². The molecule has 5 rings (SSSR count). The van der Waals surface area contributed by atoms with E-state index in [4.69, 9.17) is 0 Å². The number of phenolic OH excluding ortho intramolecular Hbond substituents is 1. The molecule has 3 aromatic rings. The maximum atomic E-state index is 10.9. The number of anilines is 2. The van der Waals surface area contributed by atoms with Crippen LogP contribution in [0.1, 0.15) is 59.1 Å². The van der Waals surface area contributed by atoms with Crippen LogP contribution in [-0.2, 0) is 0 Å². The van der Waals surface area contributed by atoms with Crippen molar-refractivity contribution >= 4 is 22.4 Å². The van der Waals surface area contributed by atoms with Gasteiger partial charge in [0.1, 0.15) is 5.75 Å². The van der Waals surface area contributed by atoms with Gasteiger partial charge in [0.15, 0.2) is 5.82 Å². The van der Waals surface area contributed by atoms with E-state index >= 15 is 0 Å². The van der Waals surface area contributed by atoms with Crippen LogP contribution in [0.15, 0.2) is 30.3 Å². The molecule has 186 valence electrons. The van der Waals surface area contributed by atoms with Gasteiger partial charge in [0.2, 0.25) is 0 Å². The van der Waals surface area contributed by atoms with E-state index < -0.39 is 0 Å². The Labute approximate surface area is 208 Å². The Morgan fingerprint density at radius 1 is 1.00 bits per heavy atom. The van der Waals surface area contributed by atoms with Gasteiger partial charge in [-0.2, -0.15) is 0 Å². The molecule has 0 aliphatic carbocycles. The van der Waals surface area contributed by atoms with E-state index in [1.165, 1.54) is 18.5 Å². The average molecular weight is 475 g/mol. The van der Waals surface area contributed by atoms with Gasteiger partial charge in [0.05, 0.1) is 11.2 Å². The van der Waals surface area contributed by atoms with Crippen LogP contribution in [0.4, 0.5) is 11.5 Å². The van der Waals surface area contributed by atoms with Gasteiger partial charge in [-0.1, -0.05) is 0 Å².